The summed E-state index contributed by atoms with van der Waals surface area (Å²) in [5, 5.41) is 9.21. The van der Waals surface area contributed by atoms with E-state index in [1.165, 1.54) is 6.26 Å². The lowest BCUT2D eigenvalue weighted by molar-refractivity contribution is 0.0955. The van der Waals surface area contributed by atoms with Crippen molar-refractivity contribution in [2.75, 3.05) is 19.8 Å². The third-order valence-electron chi connectivity index (χ3n) is 4.31. The van der Waals surface area contributed by atoms with E-state index in [2.05, 4.69) is 20.9 Å². The van der Waals surface area contributed by atoms with Gasteiger partial charge in [0.2, 0.25) is 0 Å². The van der Waals surface area contributed by atoms with Crippen molar-refractivity contribution in [3.63, 3.8) is 0 Å². The number of aryl methyl sites for hydroxylation is 1. The molecule has 2 aromatic carbocycles. The summed E-state index contributed by atoms with van der Waals surface area (Å²) < 4.78 is 23.5. The first-order chi connectivity index (χ1) is 13.7. The summed E-state index contributed by atoms with van der Waals surface area (Å²) in [6, 6.07) is 12.7. The van der Waals surface area contributed by atoms with Crippen molar-refractivity contribution < 1.29 is 13.2 Å². The highest BCUT2D eigenvalue weighted by atomic mass is 32.2. The van der Waals surface area contributed by atoms with E-state index in [4.69, 9.17) is 0 Å². The maximum Gasteiger partial charge on any atom is 0.251 e. The molecule has 0 aliphatic carbocycles. The molecule has 29 heavy (non-hydrogen) atoms. The van der Waals surface area contributed by atoms with Crippen molar-refractivity contribution >= 4 is 21.7 Å². The first-order valence-corrected chi connectivity index (χ1v) is 11.2. The molecule has 2 aromatic rings. The van der Waals surface area contributed by atoms with Crippen LogP contribution in [0.15, 0.2) is 52.4 Å². The lowest BCUT2D eigenvalue weighted by Gasteiger charge is -2.13. The van der Waals surface area contributed by atoms with Gasteiger partial charge in [-0.1, -0.05) is 24.3 Å². The van der Waals surface area contributed by atoms with Gasteiger partial charge in [-0.2, -0.15) is 0 Å². The second-order valence-corrected chi connectivity index (χ2v) is 8.70. The zero-order valence-corrected chi connectivity index (χ0v) is 18.1. The maximum absolute atomic E-state index is 12.0. The Hall–Kier alpha value is -2.87. The number of carbonyl (C=O) groups excluding carboxylic acids is 1. The van der Waals surface area contributed by atoms with E-state index in [0.29, 0.717) is 36.1 Å². The van der Waals surface area contributed by atoms with Crippen LogP contribution >= 0.6 is 0 Å². The second kappa shape index (κ2) is 10.1. The van der Waals surface area contributed by atoms with Gasteiger partial charge in [-0.25, -0.2) is 8.42 Å². The normalized spacial score (nSPS) is 11.8. The molecule has 0 radical (unpaired) electrons. The van der Waals surface area contributed by atoms with E-state index < -0.39 is 9.84 Å². The lowest BCUT2D eigenvalue weighted by atomic mass is 10.1. The van der Waals surface area contributed by atoms with Gasteiger partial charge in [0.15, 0.2) is 15.8 Å². The van der Waals surface area contributed by atoms with Crippen molar-refractivity contribution in [3.8, 4) is 0 Å². The van der Waals surface area contributed by atoms with Crippen LogP contribution in [0.5, 0.6) is 0 Å². The van der Waals surface area contributed by atoms with Gasteiger partial charge in [-0.05, 0) is 48.7 Å². The predicted molar refractivity (Wildman–Crippen MR) is 116 cm³/mol. The van der Waals surface area contributed by atoms with Crippen LogP contribution in [0.3, 0.4) is 0 Å². The molecule has 0 heterocycles. The Morgan fingerprint density at radius 2 is 1.66 bits per heavy atom. The molecule has 0 fully saturated rings. The first-order valence-electron chi connectivity index (χ1n) is 9.35. The Kier molecular flexibility index (Phi) is 7.78. The zero-order valence-electron chi connectivity index (χ0n) is 17.2. The molecule has 0 aliphatic rings. The maximum atomic E-state index is 12.0. The van der Waals surface area contributed by atoms with Crippen molar-refractivity contribution in [1.82, 2.24) is 16.0 Å². The minimum Gasteiger partial charge on any atom is -0.352 e. The van der Waals surface area contributed by atoms with Gasteiger partial charge in [-0.3, -0.25) is 9.79 Å². The molecule has 0 aromatic heterocycles. The van der Waals surface area contributed by atoms with Crippen LogP contribution in [-0.2, 0) is 22.9 Å². The van der Waals surface area contributed by atoms with E-state index in [1.807, 2.05) is 31.2 Å². The Labute approximate surface area is 172 Å². The average molecular weight is 417 g/mol. The predicted octanol–water partition coefficient (Wildman–Crippen LogP) is 2.01. The molecule has 3 N–H and O–H groups in total. The molecule has 156 valence electrons. The van der Waals surface area contributed by atoms with Gasteiger partial charge in [0.1, 0.15) is 0 Å². The summed E-state index contributed by atoms with van der Waals surface area (Å²) in [6.07, 6.45) is 1.21. The molecule has 7 nitrogen and oxygen atoms in total. The highest BCUT2D eigenvalue weighted by molar-refractivity contribution is 7.90. The molecular formula is C21H28N4O3S. The molecule has 2 rings (SSSR count). The minimum absolute atomic E-state index is 0.0928. The molecule has 8 heteroatoms. The summed E-state index contributed by atoms with van der Waals surface area (Å²) in [5.74, 6) is 0.517. The van der Waals surface area contributed by atoms with Gasteiger partial charge < -0.3 is 16.0 Å². The number of hydrogen-bond donors (Lipinski definition) is 3. The average Bonchev–Trinajstić information content (AvgIpc) is 2.67. The number of sulfone groups is 1. The Morgan fingerprint density at radius 1 is 1.00 bits per heavy atom. The third kappa shape index (κ3) is 6.60. The van der Waals surface area contributed by atoms with E-state index in [9.17, 15) is 13.2 Å². The van der Waals surface area contributed by atoms with Crippen LogP contribution in [0.25, 0.3) is 0 Å². The van der Waals surface area contributed by atoms with Crippen molar-refractivity contribution in [2.24, 2.45) is 4.99 Å². The minimum atomic E-state index is -3.22. The quantitative estimate of drug-likeness (QED) is 0.474. The zero-order chi connectivity index (χ0) is 21.4. The summed E-state index contributed by atoms with van der Waals surface area (Å²) in [5.41, 5.74) is 3.26. The number of amides is 1. The molecule has 0 saturated heterocycles. The number of hydrogen-bond acceptors (Lipinski definition) is 4. The summed E-state index contributed by atoms with van der Waals surface area (Å²) in [4.78, 5) is 16.5. The van der Waals surface area contributed by atoms with E-state index in [0.717, 1.165) is 16.7 Å². The van der Waals surface area contributed by atoms with Crippen LogP contribution in [0, 0.1) is 6.92 Å². The van der Waals surface area contributed by atoms with E-state index >= 15 is 0 Å². The number of nitrogens with one attached hydrogen (secondary N) is 3. The number of nitrogens with zero attached hydrogens (tertiary/aromatic N) is 1. The van der Waals surface area contributed by atoms with Crippen LogP contribution in [0.2, 0.25) is 0 Å². The number of rotatable bonds is 7. The van der Waals surface area contributed by atoms with E-state index in [-0.39, 0.29) is 5.91 Å². The van der Waals surface area contributed by atoms with Crippen molar-refractivity contribution in [2.45, 2.75) is 31.8 Å². The van der Waals surface area contributed by atoms with Gasteiger partial charge in [0.05, 0.1) is 4.90 Å². The fraction of sp³-hybridized carbons (Fsp3) is 0.333. The SMILES string of the molecule is CCNC(=O)c1cccc(CNC(=NC)NCc2ccc(S(C)(=O)=O)c(C)c2)c1. The van der Waals surface area contributed by atoms with Gasteiger partial charge in [-0.15, -0.1) is 0 Å². The number of benzene rings is 2. The molecule has 0 aliphatic heterocycles. The molecule has 0 bridgehead atoms. The second-order valence-electron chi connectivity index (χ2n) is 6.71. The van der Waals surface area contributed by atoms with Crippen molar-refractivity contribution in [1.29, 1.82) is 0 Å². The first kappa shape index (κ1) is 22.4. The molecular weight excluding hydrogens is 388 g/mol. The molecule has 1 amide bonds. The fourth-order valence-corrected chi connectivity index (χ4v) is 3.87. The molecule has 0 atom stereocenters. The fourth-order valence-electron chi connectivity index (χ4n) is 2.91. The highest BCUT2D eigenvalue weighted by Gasteiger charge is 2.11. The van der Waals surface area contributed by atoms with E-state index in [1.54, 1.807) is 32.2 Å². The molecule has 0 spiro atoms. The number of carbonyl (C=O) groups is 1. The van der Waals surface area contributed by atoms with Gasteiger partial charge >= 0.3 is 0 Å². The van der Waals surface area contributed by atoms with Crippen LogP contribution in [0.4, 0.5) is 0 Å². The lowest BCUT2D eigenvalue weighted by Crippen LogP contribution is -2.36. The van der Waals surface area contributed by atoms with Crippen molar-refractivity contribution in [3.05, 3.63) is 64.7 Å². The number of aliphatic imine (C=N–C) groups is 1. The Balaban J connectivity index is 1.96. The summed E-state index contributed by atoms with van der Waals surface area (Å²) in [7, 11) is -1.54. The monoisotopic (exact) mass is 416 g/mol. The van der Waals surface area contributed by atoms with Gasteiger partial charge in [0.25, 0.3) is 5.91 Å². The Morgan fingerprint density at radius 3 is 2.21 bits per heavy atom. The van der Waals surface area contributed by atoms with Crippen LogP contribution < -0.4 is 16.0 Å². The highest BCUT2D eigenvalue weighted by Crippen LogP contribution is 2.16. The van der Waals surface area contributed by atoms with Gasteiger partial charge in [0, 0.05) is 38.5 Å². The largest absolute Gasteiger partial charge is 0.352 e. The topological polar surface area (TPSA) is 99.7 Å². The molecule has 0 saturated carbocycles. The summed E-state index contributed by atoms with van der Waals surface area (Å²) in [6.45, 7) is 5.27. The smallest absolute Gasteiger partial charge is 0.251 e. The number of guanidine groups is 1. The standard InChI is InChI=1S/C21H28N4O3S/c1-5-23-20(26)18-8-6-7-16(12-18)13-24-21(22-3)25-14-17-9-10-19(15(2)11-17)29(4,27)28/h6-12H,5,13-14H2,1-4H3,(H,23,26)(H2,22,24,25). The van der Waals surface area contributed by atoms with Crippen LogP contribution in [-0.4, -0.2) is 40.1 Å². The Bertz CT molecular complexity index is 1000. The third-order valence-corrected chi connectivity index (χ3v) is 5.57. The van der Waals surface area contributed by atoms with Crippen LogP contribution in [0.1, 0.15) is 34.0 Å². The molecule has 0 unspecified atom stereocenters. The summed E-state index contributed by atoms with van der Waals surface area (Å²) >= 11 is 0.